The smallest absolute Gasteiger partial charge is 0.339 e. The highest BCUT2D eigenvalue weighted by Gasteiger charge is 2.17. The Kier molecular flexibility index (Phi) is 3.33. The van der Waals surface area contributed by atoms with E-state index < -0.39 is 5.97 Å². The summed E-state index contributed by atoms with van der Waals surface area (Å²) in [6, 6.07) is 1.64. The van der Waals surface area contributed by atoms with Crippen LogP contribution in [0.3, 0.4) is 0 Å². The van der Waals surface area contributed by atoms with Crippen molar-refractivity contribution in [3.8, 4) is 0 Å². The SMILES string of the molecule is CCCc1oc(C(C)C)cc1C(=O)O. The second-order valence-corrected chi connectivity index (χ2v) is 3.70. The molecule has 0 atom stereocenters. The molecule has 14 heavy (non-hydrogen) atoms. The van der Waals surface area contributed by atoms with Crippen molar-refractivity contribution >= 4 is 5.97 Å². The van der Waals surface area contributed by atoms with E-state index in [0.717, 1.165) is 12.2 Å². The van der Waals surface area contributed by atoms with Crippen molar-refractivity contribution in [2.24, 2.45) is 0 Å². The molecule has 0 unspecified atom stereocenters. The Labute approximate surface area is 83.7 Å². The number of rotatable bonds is 4. The number of carboxylic acid groups (broad SMARTS) is 1. The van der Waals surface area contributed by atoms with E-state index in [-0.39, 0.29) is 5.92 Å². The zero-order valence-electron chi connectivity index (χ0n) is 8.83. The molecule has 3 nitrogen and oxygen atoms in total. The van der Waals surface area contributed by atoms with Crippen LogP contribution in [0.25, 0.3) is 0 Å². The third kappa shape index (κ3) is 2.16. The van der Waals surface area contributed by atoms with E-state index in [1.807, 2.05) is 20.8 Å². The fraction of sp³-hybridized carbons (Fsp3) is 0.545. The van der Waals surface area contributed by atoms with E-state index in [4.69, 9.17) is 9.52 Å². The topological polar surface area (TPSA) is 50.4 Å². The first-order valence-corrected chi connectivity index (χ1v) is 4.92. The summed E-state index contributed by atoms with van der Waals surface area (Å²) in [5, 5.41) is 8.93. The van der Waals surface area contributed by atoms with Crippen LogP contribution in [0, 0.1) is 0 Å². The van der Waals surface area contributed by atoms with Crippen molar-refractivity contribution in [3.63, 3.8) is 0 Å². The number of carbonyl (C=O) groups is 1. The van der Waals surface area contributed by atoms with Crippen LogP contribution in [0.5, 0.6) is 0 Å². The standard InChI is InChI=1S/C11H16O3/c1-4-5-9-8(11(12)13)6-10(14-9)7(2)3/h6-7H,4-5H2,1-3H3,(H,12,13). The lowest BCUT2D eigenvalue weighted by atomic mass is 10.1. The first kappa shape index (κ1) is 10.8. The van der Waals surface area contributed by atoms with E-state index in [9.17, 15) is 4.79 Å². The summed E-state index contributed by atoms with van der Waals surface area (Å²) in [5.74, 6) is 0.692. The second-order valence-electron chi connectivity index (χ2n) is 3.70. The number of furan rings is 1. The van der Waals surface area contributed by atoms with E-state index in [1.165, 1.54) is 0 Å². The van der Waals surface area contributed by atoms with Gasteiger partial charge < -0.3 is 9.52 Å². The summed E-state index contributed by atoms with van der Waals surface area (Å²) in [6.45, 7) is 5.98. The van der Waals surface area contributed by atoms with Crippen molar-refractivity contribution in [1.82, 2.24) is 0 Å². The molecule has 0 bridgehead atoms. The van der Waals surface area contributed by atoms with E-state index in [1.54, 1.807) is 6.07 Å². The summed E-state index contributed by atoms with van der Waals surface area (Å²) in [4.78, 5) is 10.9. The van der Waals surface area contributed by atoms with E-state index in [2.05, 4.69) is 0 Å². The van der Waals surface area contributed by atoms with Gasteiger partial charge in [-0.25, -0.2) is 4.79 Å². The fourth-order valence-electron chi connectivity index (χ4n) is 1.33. The maximum atomic E-state index is 10.9. The van der Waals surface area contributed by atoms with Gasteiger partial charge in [-0.05, 0) is 12.5 Å². The van der Waals surface area contributed by atoms with Gasteiger partial charge in [-0.3, -0.25) is 0 Å². The number of carboxylic acids is 1. The number of hydrogen-bond acceptors (Lipinski definition) is 2. The lowest BCUT2D eigenvalue weighted by Gasteiger charge is -1.98. The van der Waals surface area contributed by atoms with Crippen molar-refractivity contribution in [3.05, 3.63) is 23.2 Å². The Morgan fingerprint density at radius 2 is 2.21 bits per heavy atom. The molecule has 0 fully saturated rings. The molecular formula is C11H16O3. The third-order valence-corrected chi connectivity index (χ3v) is 2.10. The summed E-state index contributed by atoms with van der Waals surface area (Å²) in [7, 11) is 0. The first-order chi connectivity index (χ1) is 6.56. The quantitative estimate of drug-likeness (QED) is 0.805. The van der Waals surface area contributed by atoms with E-state index in [0.29, 0.717) is 17.7 Å². The van der Waals surface area contributed by atoms with Crippen LogP contribution < -0.4 is 0 Å². The van der Waals surface area contributed by atoms with Gasteiger partial charge in [0.2, 0.25) is 0 Å². The van der Waals surface area contributed by atoms with Gasteiger partial charge in [0.25, 0.3) is 0 Å². The van der Waals surface area contributed by atoms with Crippen LogP contribution in [-0.2, 0) is 6.42 Å². The molecule has 1 rings (SSSR count). The molecule has 0 saturated heterocycles. The predicted octanol–water partition coefficient (Wildman–Crippen LogP) is 3.05. The Balaban J connectivity index is 3.05. The molecule has 3 heteroatoms. The maximum absolute atomic E-state index is 10.9. The molecule has 1 aromatic rings. The Morgan fingerprint density at radius 3 is 2.64 bits per heavy atom. The zero-order valence-corrected chi connectivity index (χ0v) is 8.83. The summed E-state index contributed by atoms with van der Waals surface area (Å²) >= 11 is 0. The summed E-state index contributed by atoms with van der Waals surface area (Å²) < 4.78 is 5.50. The Bertz CT molecular complexity index is 323. The molecule has 0 aromatic carbocycles. The largest absolute Gasteiger partial charge is 0.478 e. The highest BCUT2D eigenvalue weighted by molar-refractivity contribution is 5.88. The van der Waals surface area contributed by atoms with Gasteiger partial charge in [0, 0.05) is 12.3 Å². The van der Waals surface area contributed by atoms with Crippen molar-refractivity contribution in [2.75, 3.05) is 0 Å². The lowest BCUT2D eigenvalue weighted by Crippen LogP contribution is -1.98. The molecule has 0 spiro atoms. The van der Waals surface area contributed by atoms with Crippen LogP contribution in [0.4, 0.5) is 0 Å². The minimum absolute atomic E-state index is 0.235. The lowest BCUT2D eigenvalue weighted by molar-refractivity contribution is 0.0694. The Morgan fingerprint density at radius 1 is 1.57 bits per heavy atom. The maximum Gasteiger partial charge on any atom is 0.339 e. The van der Waals surface area contributed by atoms with Gasteiger partial charge in [-0.2, -0.15) is 0 Å². The fourth-order valence-corrected chi connectivity index (χ4v) is 1.33. The average Bonchev–Trinajstić information content (AvgIpc) is 2.49. The monoisotopic (exact) mass is 196 g/mol. The van der Waals surface area contributed by atoms with Crippen LogP contribution in [0.2, 0.25) is 0 Å². The second kappa shape index (κ2) is 4.31. The van der Waals surface area contributed by atoms with Crippen LogP contribution >= 0.6 is 0 Å². The molecule has 0 saturated carbocycles. The molecule has 1 heterocycles. The molecule has 0 radical (unpaired) electrons. The Hall–Kier alpha value is -1.25. The molecule has 0 aliphatic rings. The molecule has 0 amide bonds. The van der Waals surface area contributed by atoms with Crippen molar-refractivity contribution in [1.29, 1.82) is 0 Å². The minimum atomic E-state index is -0.899. The zero-order chi connectivity index (χ0) is 10.7. The van der Waals surface area contributed by atoms with Gasteiger partial charge in [0.15, 0.2) is 0 Å². The van der Waals surface area contributed by atoms with Gasteiger partial charge >= 0.3 is 5.97 Å². The first-order valence-electron chi connectivity index (χ1n) is 4.92. The van der Waals surface area contributed by atoms with Gasteiger partial charge in [0.05, 0.1) is 0 Å². The highest BCUT2D eigenvalue weighted by Crippen LogP contribution is 2.23. The third-order valence-electron chi connectivity index (χ3n) is 2.10. The summed E-state index contributed by atoms with van der Waals surface area (Å²) in [5.41, 5.74) is 0.315. The molecule has 78 valence electrons. The normalized spacial score (nSPS) is 10.9. The number of hydrogen-bond donors (Lipinski definition) is 1. The molecular weight excluding hydrogens is 180 g/mol. The van der Waals surface area contributed by atoms with Crippen molar-refractivity contribution in [2.45, 2.75) is 39.5 Å². The van der Waals surface area contributed by atoms with E-state index >= 15 is 0 Å². The predicted molar refractivity (Wildman–Crippen MR) is 53.8 cm³/mol. The van der Waals surface area contributed by atoms with Gasteiger partial charge in [-0.1, -0.05) is 20.8 Å². The average molecular weight is 196 g/mol. The molecule has 0 aliphatic heterocycles. The molecule has 0 aliphatic carbocycles. The van der Waals surface area contributed by atoms with Crippen molar-refractivity contribution < 1.29 is 14.3 Å². The molecule has 1 N–H and O–H groups in total. The number of aromatic carboxylic acids is 1. The van der Waals surface area contributed by atoms with Gasteiger partial charge in [0.1, 0.15) is 17.1 Å². The number of aryl methyl sites for hydroxylation is 1. The van der Waals surface area contributed by atoms with Crippen LogP contribution in [0.15, 0.2) is 10.5 Å². The van der Waals surface area contributed by atoms with Crippen LogP contribution in [0.1, 0.15) is 55.0 Å². The van der Waals surface area contributed by atoms with Crippen LogP contribution in [-0.4, -0.2) is 11.1 Å². The molecule has 1 aromatic heterocycles. The van der Waals surface area contributed by atoms with Gasteiger partial charge in [-0.15, -0.1) is 0 Å². The summed E-state index contributed by atoms with van der Waals surface area (Å²) in [6.07, 6.45) is 1.58. The highest BCUT2D eigenvalue weighted by atomic mass is 16.4. The minimum Gasteiger partial charge on any atom is -0.478 e.